The molecule has 67 heavy (non-hydrogen) atoms. The van der Waals surface area contributed by atoms with Crippen LogP contribution in [0.1, 0.15) is 284 Å². The van der Waals surface area contributed by atoms with Gasteiger partial charge in [-0.15, -0.1) is 0 Å². The number of hydrogen-bond donors (Lipinski definition) is 6. The highest BCUT2D eigenvalue weighted by Crippen LogP contribution is 2.23. The van der Waals surface area contributed by atoms with Gasteiger partial charge in [-0.1, -0.05) is 256 Å². The maximum absolute atomic E-state index is 13.1. The third-order valence-corrected chi connectivity index (χ3v) is 14.1. The van der Waals surface area contributed by atoms with Gasteiger partial charge < -0.3 is 40.3 Å². The molecule has 1 rings (SSSR count). The zero-order valence-electron chi connectivity index (χ0n) is 43.9. The van der Waals surface area contributed by atoms with Gasteiger partial charge in [-0.05, 0) is 44.9 Å². The zero-order valence-corrected chi connectivity index (χ0v) is 43.9. The average Bonchev–Trinajstić information content (AvgIpc) is 3.33. The molecule has 0 aromatic carbocycles. The van der Waals surface area contributed by atoms with E-state index in [2.05, 4.69) is 43.5 Å². The van der Waals surface area contributed by atoms with E-state index in [9.17, 15) is 30.3 Å². The van der Waals surface area contributed by atoms with E-state index < -0.39 is 49.5 Å². The topological polar surface area (TPSA) is 149 Å². The summed E-state index contributed by atoms with van der Waals surface area (Å²) in [5, 5.41) is 54.7. The maximum Gasteiger partial charge on any atom is 0.220 e. The molecule has 396 valence electrons. The lowest BCUT2D eigenvalue weighted by Crippen LogP contribution is -2.60. The van der Waals surface area contributed by atoms with Crippen LogP contribution in [0.25, 0.3) is 0 Å². The Labute approximate surface area is 413 Å². The van der Waals surface area contributed by atoms with Crippen LogP contribution in [-0.2, 0) is 14.3 Å². The molecule has 0 saturated carbocycles. The highest BCUT2D eigenvalue weighted by molar-refractivity contribution is 5.76. The van der Waals surface area contributed by atoms with Gasteiger partial charge in [0.25, 0.3) is 0 Å². The van der Waals surface area contributed by atoms with Crippen molar-refractivity contribution < 1.29 is 39.8 Å². The molecule has 7 atom stereocenters. The summed E-state index contributed by atoms with van der Waals surface area (Å²) in [6, 6.07) is -0.720. The van der Waals surface area contributed by atoms with Gasteiger partial charge in [0.05, 0.1) is 25.4 Å². The average molecular weight is 951 g/mol. The van der Waals surface area contributed by atoms with Gasteiger partial charge in [0, 0.05) is 6.42 Å². The van der Waals surface area contributed by atoms with Crippen LogP contribution in [0.3, 0.4) is 0 Å². The summed E-state index contributed by atoms with van der Waals surface area (Å²) in [5.74, 6) is -0.145. The van der Waals surface area contributed by atoms with Crippen LogP contribution >= 0.6 is 0 Å². The Balaban J connectivity index is 2.21. The molecule has 1 amide bonds. The second-order valence-corrected chi connectivity index (χ2v) is 20.4. The van der Waals surface area contributed by atoms with Crippen molar-refractivity contribution in [1.29, 1.82) is 0 Å². The molecule has 1 aliphatic rings. The molecule has 9 nitrogen and oxygen atoms in total. The minimum atomic E-state index is -1.55. The fourth-order valence-electron chi connectivity index (χ4n) is 9.43. The van der Waals surface area contributed by atoms with E-state index in [0.717, 1.165) is 44.9 Å². The van der Waals surface area contributed by atoms with Crippen LogP contribution in [0, 0.1) is 0 Å². The van der Waals surface area contributed by atoms with Crippen molar-refractivity contribution >= 4 is 5.91 Å². The van der Waals surface area contributed by atoms with E-state index in [1.54, 1.807) is 0 Å². The molecule has 0 spiro atoms. The SMILES string of the molecule is CCCCCCCCCCC/C=C\C/C=C\CCCCCCCCCCCC(=O)NC(COC1OC(CO)C(O)C(O)C1O)C(O)CCCCCCCCCCCCCCCCCCCCC. The number of rotatable bonds is 50. The van der Waals surface area contributed by atoms with E-state index in [4.69, 9.17) is 9.47 Å². The first kappa shape index (κ1) is 63.7. The number of nitrogens with one attached hydrogen (secondary N) is 1. The number of carbonyl (C=O) groups is 1. The third-order valence-electron chi connectivity index (χ3n) is 14.1. The fraction of sp³-hybridized carbons (Fsp3) is 0.914. The van der Waals surface area contributed by atoms with Crippen LogP contribution in [0.5, 0.6) is 0 Å². The summed E-state index contributed by atoms with van der Waals surface area (Å²) in [4.78, 5) is 13.1. The Morgan fingerprint density at radius 1 is 0.507 bits per heavy atom. The monoisotopic (exact) mass is 950 g/mol. The zero-order chi connectivity index (χ0) is 48.7. The fourth-order valence-corrected chi connectivity index (χ4v) is 9.43. The number of amides is 1. The summed E-state index contributed by atoms with van der Waals surface area (Å²) in [6.45, 7) is 3.87. The highest BCUT2D eigenvalue weighted by Gasteiger charge is 2.44. The Bertz CT molecular complexity index is 1100. The molecule has 0 bridgehead atoms. The first-order valence-corrected chi connectivity index (χ1v) is 29.0. The van der Waals surface area contributed by atoms with Crippen molar-refractivity contribution in [3.8, 4) is 0 Å². The number of aliphatic hydroxyl groups is 5. The second kappa shape index (κ2) is 48.3. The second-order valence-electron chi connectivity index (χ2n) is 20.4. The molecule has 0 aromatic rings. The first-order valence-electron chi connectivity index (χ1n) is 29.0. The molecular weight excluding hydrogens is 839 g/mol. The Morgan fingerprint density at radius 3 is 1.28 bits per heavy atom. The van der Waals surface area contributed by atoms with E-state index >= 15 is 0 Å². The smallest absolute Gasteiger partial charge is 0.220 e. The van der Waals surface area contributed by atoms with Gasteiger partial charge in [-0.3, -0.25) is 4.79 Å². The van der Waals surface area contributed by atoms with Crippen molar-refractivity contribution in [1.82, 2.24) is 5.32 Å². The first-order chi connectivity index (χ1) is 32.8. The predicted octanol–water partition coefficient (Wildman–Crippen LogP) is 14.2. The number of carbonyl (C=O) groups excluding carboxylic acids is 1. The number of hydrogen-bond acceptors (Lipinski definition) is 8. The number of ether oxygens (including phenoxy) is 2. The van der Waals surface area contributed by atoms with Crippen molar-refractivity contribution in [2.24, 2.45) is 0 Å². The molecule has 0 radical (unpaired) electrons. The molecule has 0 aliphatic carbocycles. The molecule has 1 aliphatic heterocycles. The quantitative estimate of drug-likeness (QED) is 0.0261. The van der Waals surface area contributed by atoms with Gasteiger partial charge >= 0.3 is 0 Å². The van der Waals surface area contributed by atoms with Gasteiger partial charge in [0.2, 0.25) is 5.91 Å². The van der Waals surface area contributed by atoms with Gasteiger partial charge in [0.15, 0.2) is 6.29 Å². The lowest BCUT2D eigenvalue weighted by Gasteiger charge is -2.40. The Hall–Kier alpha value is -1.33. The minimum absolute atomic E-state index is 0.137. The molecule has 1 heterocycles. The van der Waals surface area contributed by atoms with Crippen LogP contribution in [-0.4, -0.2) is 87.5 Å². The number of aliphatic hydroxyl groups excluding tert-OH is 5. The van der Waals surface area contributed by atoms with Crippen molar-refractivity contribution in [3.05, 3.63) is 24.3 Å². The molecule has 9 heteroatoms. The number of unbranched alkanes of at least 4 members (excludes halogenated alkanes) is 36. The van der Waals surface area contributed by atoms with Crippen molar-refractivity contribution in [2.45, 2.75) is 326 Å². The Kier molecular flexibility index (Phi) is 45.9. The maximum atomic E-state index is 13.1. The molecular formula is C58H111NO8. The van der Waals surface area contributed by atoms with E-state index in [1.807, 2.05) is 0 Å². The van der Waals surface area contributed by atoms with Crippen LogP contribution in [0.2, 0.25) is 0 Å². The van der Waals surface area contributed by atoms with Gasteiger partial charge in [0.1, 0.15) is 24.4 Å². The number of allylic oxidation sites excluding steroid dienone is 4. The molecule has 1 saturated heterocycles. The summed E-state index contributed by atoms with van der Waals surface area (Å²) in [5.41, 5.74) is 0. The molecule has 1 fully saturated rings. The van der Waals surface area contributed by atoms with Gasteiger partial charge in [-0.25, -0.2) is 0 Å². The van der Waals surface area contributed by atoms with Crippen LogP contribution in [0.4, 0.5) is 0 Å². The highest BCUT2D eigenvalue weighted by atomic mass is 16.7. The van der Waals surface area contributed by atoms with E-state index in [1.165, 1.54) is 212 Å². The predicted molar refractivity (Wildman–Crippen MR) is 281 cm³/mol. The molecule has 7 unspecified atom stereocenters. The molecule has 0 aromatic heterocycles. The summed E-state index contributed by atoms with van der Waals surface area (Å²) >= 11 is 0. The summed E-state index contributed by atoms with van der Waals surface area (Å²) in [6.07, 6.45) is 53.4. The molecule has 6 N–H and O–H groups in total. The van der Waals surface area contributed by atoms with Crippen molar-refractivity contribution in [3.63, 3.8) is 0 Å². The normalized spacial score (nSPS) is 19.8. The lowest BCUT2D eigenvalue weighted by atomic mass is 9.99. The minimum Gasteiger partial charge on any atom is -0.394 e. The summed E-state index contributed by atoms with van der Waals surface area (Å²) in [7, 11) is 0. The Morgan fingerprint density at radius 2 is 0.881 bits per heavy atom. The standard InChI is InChI=1S/C58H111NO8/c1-3-5-7-9-11-13-15-17-19-21-23-24-25-26-27-28-30-32-34-36-38-40-42-44-46-48-54(62)59-51(50-66-58-57(65)56(64)55(63)53(49-60)67-58)52(61)47-45-43-41-39-37-35-33-31-29-22-20-18-16-14-12-10-8-6-4-2/h23-24,26-27,51-53,55-58,60-61,63-65H,3-22,25,28-50H2,1-2H3,(H,59,62)/b24-23-,27-26-. The van der Waals surface area contributed by atoms with Crippen LogP contribution < -0.4 is 5.32 Å². The lowest BCUT2D eigenvalue weighted by molar-refractivity contribution is -0.302. The summed E-state index contributed by atoms with van der Waals surface area (Å²) < 4.78 is 11.3. The van der Waals surface area contributed by atoms with E-state index in [-0.39, 0.29) is 12.5 Å². The van der Waals surface area contributed by atoms with Crippen molar-refractivity contribution in [2.75, 3.05) is 13.2 Å². The largest absolute Gasteiger partial charge is 0.394 e. The third kappa shape index (κ3) is 38.1. The van der Waals surface area contributed by atoms with E-state index in [0.29, 0.717) is 12.8 Å². The van der Waals surface area contributed by atoms with Crippen LogP contribution in [0.15, 0.2) is 24.3 Å². The van der Waals surface area contributed by atoms with Gasteiger partial charge in [-0.2, -0.15) is 0 Å².